The maximum Gasteiger partial charge on any atom is 0.262 e. The molecular weight excluding hydrogens is 332 g/mol. The Kier molecular flexibility index (Phi) is 6.70. The molecule has 4 nitrogen and oxygen atoms in total. The van der Waals surface area contributed by atoms with E-state index in [1.807, 2.05) is 27.7 Å². The Balaban J connectivity index is 2.73. The van der Waals surface area contributed by atoms with E-state index in [0.717, 1.165) is 10.9 Å². The number of rotatable bonds is 5. The quantitative estimate of drug-likeness (QED) is 0.827. The molecule has 0 radical (unpaired) electrons. The van der Waals surface area contributed by atoms with Gasteiger partial charge in [0.25, 0.3) is 5.91 Å². The first kappa shape index (κ1) is 17.5. The van der Waals surface area contributed by atoms with Gasteiger partial charge in [-0.1, -0.05) is 19.8 Å². The number of hydrogen-bond acceptors (Lipinski definition) is 3. The fourth-order valence-electron chi connectivity index (χ4n) is 1.67. The highest BCUT2D eigenvalue weighted by atomic mass is 79.9. The summed E-state index contributed by atoms with van der Waals surface area (Å²) >= 11 is 3.33. The van der Waals surface area contributed by atoms with E-state index < -0.39 is 11.6 Å². The molecule has 0 aliphatic carbocycles. The van der Waals surface area contributed by atoms with E-state index in [0.29, 0.717) is 12.2 Å². The number of nitrogens with zero attached hydrogens (tertiary/aromatic N) is 1. The predicted octanol–water partition coefficient (Wildman–Crippen LogP) is 3.31. The minimum absolute atomic E-state index is 0.173. The van der Waals surface area contributed by atoms with Crippen molar-refractivity contribution in [2.75, 3.05) is 0 Å². The van der Waals surface area contributed by atoms with Crippen LogP contribution in [0.1, 0.15) is 40.5 Å². The van der Waals surface area contributed by atoms with Gasteiger partial charge in [0.1, 0.15) is 5.75 Å². The monoisotopic (exact) mass is 352 g/mol. The predicted molar refractivity (Wildman–Crippen MR) is 86.9 cm³/mol. The summed E-state index contributed by atoms with van der Waals surface area (Å²) in [5.74, 6) is 6.41. The summed E-state index contributed by atoms with van der Waals surface area (Å²) in [6.07, 6.45) is 4.01. The van der Waals surface area contributed by atoms with E-state index in [-0.39, 0.29) is 5.91 Å². The molecule has 5 heteroatoms. The number of aromatic nitrogens is 1. The van der Waals surface area contributed by atoms with Crippen molar-refractivity contribution in [3.63, 3.8) is 0 Å². The minimum Gasteiger partial charge on any atom is -0.479 e. The van der Waals surface area contributed by atoms with Crippen molar-refractivity contribution in [2.45, 2.75) is 52.2 Å². The van der Waals surface area contributed by atoms with Gasteiger partial charge < -0.3 is 10.1 Å². The highest BCUT2D eigenvalue weighted by molar-refractivity contribution is 9.10. The number of hydrogen-bond donors (Lipinski definition) is 1. The van der Waals surface area contributed by atoms with E-state index in [1.165, 1.54) is 0 Å². The lowest BCUT2D eigenvalue weighted by molar-refractivity contribution is -0.129. The molecule has 1 aromatic rings. The maximum atomic E-state index is 12.3. The number of pyridine rings is 1. The SMILES string of the molecule is CCC#CC(C)(C)NC(=O)C(CC)Oc1cncc(Br)c1. The molecule has 1 heterocycles. The highest BCUT2D eigenvalue weighted by Crippen LogP contribution is 2.18. The Bertz CT molecular complexity index is 547. The van der Waals surface area contributed by atoms with Crippen LogP contribution in [-0.2, 0) is 4.79 Å². The van der Waals surface area contributed by atoms with Crippen LogP contribution in [-0.4, -0.2) is 22.5 Å². The van der Waals surface area contributed by atoms with Gasteiger partial charge in [-0.15, -0.1) is 5.92 Å². The van der Waals surface area contributed by atoms with Crippen LogP contribution >= 0.6 is 15.9 Å². The number of halogens is 1. The van der Waals surface area contributed by atoms with Crippen LogP contribution in [0.4, 0.5) is 0 Å². The molecule has 1 unspecified atom stereocenters. The average molecular weight is 353 g/mol. The molecule has 0 saturated heterocycles. The molecule has 1 aromatic heterocycles. The Labute approximate surface area is 134 Å². The van der Waals surface area contributed by atoms with Crippen molar-refractivity contribution in [1.82, 2.24) is 10.3 Å². The van der Waals surface area contributed by atoms with Crippen molar-refractivity contribution >= 4 is 21.8 Å². The molecule has 0 bridgehead atoms. The molecule has 0 fully saturated rings. The molecule has 0 saturated carbocycles. The van der Waals surface area contributed by atoms with E-state index in [2.05, 4.69) is 38.1 Å². The first-order valence-corrected chi connectivity index (χ1v) is 7.76. The van der Waals surface area contributed by atoms with Gasteiger partial charge in [-0.25, -0.2) is 0 Å². The first-order chi connectivity index (χ1) is 9.88. The fraction of sp³-hybridized carbons (Fsp3) is 0.500. The van der Waals surface area contributed by atoms with E-state index in [1.54, 1.807) is 18.5 Å². The van der Waals surface area contributed by atoms with Crippen molar-refractivity contribution < 1.29 is 9.53 Å². The van der Waals surface area contributed by atoms with E-state index >= 15 is 0 Å². The number of amides is 1. The van der Waals surface area contributed by atoms with Crippen LogP contribution in [0.5, 0.6) is 5.75 Å². The number of carbonyl (C=O) groups excluding carboxylic acids is 1. The highest BCUT2D eigenvalue weighted by Gasteiger charge is 2.24. The Morgan fingerprint density at radius 1 is 1.48 bits per heavy atom. The largest absolute Gasteiger partial charge is 0.479 e. The van der Waals surface area contributed by atoms with Crippen LogP contribution in [0, 0.1) is 11.8 Å². The third-order valence-electron chi connectivity index (χ3n) is 2.63. The summed E-state index contributed by atoms with van der Waals surface area (Å²) < 4.78 is 6.51. The second-order valence-electron chi connectivity index (χ2n) is 5.12. The minimum atomic E-state index is -0.570. The molecule has 1 N–H and O–H groups in total. The number of carbonyl (C=O) groups is 1. The first-order valence-electron chi connectivity index (χ1n) is 6.97. The van der Waals surface area contributed by atoms with Crippen molar-refractivity contribution in [3.05, 3.63) is 22.9 Å². The fourth-order valence-corrected chi connectivity index (χ4v) is 2.02. The molecule has 1 atom stereocenters. The normalized spacial score (nSPS) is 12.0. The third kappa shape index (κ3) is 6.17. The van der Waals surface area contributed by atoms with Gasteiger partial charge in [-0.3, -0.25) is 9.78 Å². The lowest BCUT2D eigenvalue weighted by Crippen LogP contribution is -2.48. The summed E-state index contributed by atoms with van der Waals surface area (Å²) in [4.78, 5) is 16.3. The van der Waals surface area contributed by atoms with E-state index in [4.69, 9.17) is 4.74 Å². The molecule has 0 aliphatic rings. The summed E-state index contributed by atoms with van der Waals surface area (Å²) in [6, 6.07) is 1.78. The standard InChI is InChI=1S/C16H21BrN2O2/c1-5-7-8-16(3,4)19-15(20)14(6-2)21-13-9-12(17)10-18-11-13/h9-11,14H,5-6H2,1-4H3,(H,19,20). The molecule has 0 spiro atoms. The lowest BCUT2D eigenvalue weighted by Gasteiger charge is -2.24. The van der Waals surface area contributed by atoms with Crippen LogP contribution in [0.15, 0.2) is 22.9 Å². The average Bonchev–Trinajstić information content (AvgIpc) is 2.42. The molecule has 21 heavy (non-hydrogen) atoms. The van der Waals surface area contributed by atoms with Gasteiger partial charge in [-0.05, 0) is 42.3 Å². The lowest BCUT2D eigenvalue weighted by atomic mass is 10.1. The molecule has 1 amide bonds. The zero-order chi connectivity index (χ0) is 15.9. The van der Waals surface area contributed by atoms with Gasteiger partial charge in [0, 0.05) is 17.1 Å². The summed E-state index contributed by atoms with van der Waals surface area (Å²) in [5, 5.41) is 2.91. The van der Waals surface area contributed by atoms with Gasteiger partial charge >= 0.3 is 0 Å². The smallest absolute Gasteiger partial charge is 0.262 e. The molecule has 114 valence electrons. The number of ether oxygens (including phenoxy) is 1. The Hall–Kier alpha value is -1.54. The molecule has 0 aromatic carbocycles. The van der Waals surface area contributed by atoms with Crippen LogP contribution < -0.4 is 10.1 Å². The van der Waals surface area contributed by atoms with Crippen LogP contribution in [0.2, 0.25) is 0 Å². The zero-order valence-corrected chi connectivity index (χ0v) is 14.5. The topological polar surface area (TPSA) is 51.2 Å². The second kappa shape index (κ2) is 8.04. The van der Waals surface area contributed by atoms with Crippen LogP contribution in [0.3, 0.4) is 0 Å². The molecule has 0 aliphatic heterocycles. The third-order valence-corrected chi connectivity index (χ3v) is 3.07. The summed E-state index contributed by atoms with van der Waals surface area (Å²) in [6.45, 7) is 7.63. The Morgan fingerprint density at radius 2 is 2.19 bits per heavy atom. The number of nitrogens with one attached hydrogen (secondary N) is 1. The van der Waals surface area contributed by atoms with Gasteiger partial charge in [0.15, 0.2) is 6.10 Å². The summed E-state index contributed by atoms with van der Waals surface area (Å²) in [5.41, 5.74) is -0.570. The maximum absolute atomic E-state index is 12.3. The second-order valence-corrected chi connectivity index (χ2v) is 6.04. The van der Waals surface area contributed by atoms with Crippen LogP contribution in [0.25, 0.3) is 0 Å². The molecule has 1 rings (SSSR count). The van der Waals surface area contributed by atoms with E-state index in [9.17, 15) is 4.79 Å². The molecular formula is C16H21BrN2O2. The van der Waals surface area contributed by atoms with Crippen molar-refractivity contribution in [2.24, 2.45) is 0 Å². The van der Waals surface area contributed by atoms with Gasteiger partial charge in [0.05, 0.1) is 11.7 Å². The van der Waals surface area contributed by atoms with Gasteiger partial charge in [-0.2, -0.15) is 0 Å². The van der Waals surface area contributed by atoms with Crippen molar-refractivity contribution in [3.8, 4) is 17.6 Å². The zero-order valence-electron chi connectivity index (χ0n) is 12.9. The van der Waals surface area contributed by atoms with Crippen molar-refractivity contribution in [1.29, 1.82) is 0 Å². The van der Waals surface area contributed by atoms with Gasteiger partial charge in [0.2, 0.25) is 0 Å². The summed E-state index contributed by atoms with van der Waals surface area (Å²) in [7, 11) is 0. The Morgan fingerprint density at radius 3 is 2.76 bits per heavy atom.